The number of nitrogens with zero attached hydrogens (tertiary/aromatic N) is 3. The summed E-state index contributed by atoms with van der Waals surface area (Å²) in [5, 5.41) is 0. The number of aromatic nitrogens is 1. The van der Waals surface area contributed by atoms with Crippen molar-refractivity contribution in [1.29, 1.82) is 0 Å². The summed E-state index contributed by atoms with van der Waals surface area (Å²) >= 11 is 0. The van der Waals surface area contributed by atoms with Crippen molar-refractivity contribution in [2.24, 2.45) is 0 Å². The summed E-state index contributed by atoms with van der Waals surface area (Å²) < 4.78 is 5.45. The first-order valence-electron chi connectivity index (χ1n) is 7.51. The molecule has 0 saturated carbocycles. The van der Waals surface area contributed by atoms with E-state index in [0.717, 1.165) is 31.9 Å². The lowest BCUT2D eigenvalue weighted by Crippen LogP contribution is -2.39. The van der Waals surface area contributed by atoms with Gasteiger partial charge in [-0.05, 0) is 45.7 Å². The molecule has 0 aliphatic carbocycles. The Kier molecular flexibility index (Phi) is 4.70. The largest absolute Gasteiger partial charge is 0.444 e. The number of carbonyl (C=O) groups is 1. The first-order valence-corrected chi connectivity index (χ1v) is 7.51. The minimum absolute atomic E-state index is 0.220. The Hall–Kier alpha value is -1.78. The van der Waals surface area contributed by atoms with Crippen molar-refractivity contribution >= 4 is 11.9 Å². The van der Waals surface area contributed by atoms with Crippen LogP contribution in [0.25, 0.3) is 0 Å². The Balaban J connectivity index is 1.99. The summed E-state index contributed by atoms with van der Waals surface area (Å²) in [6.07, 6.45) is 2.52. The van der Waals surface area contributed by atoms with E-state index in [4.69, 9.17) is 4.74 Å². The number of hydrogen-bond acceptors (Lipinski definition) is 4. The van der Waals surface area contributed by atoms with Gasteiger partial charge in [0.15, 0.2) is 0 Å². The number of amides is 1. The molecule has 0 unspecified atom stereocenters. The lowest BCUT2D eigenvalue weighted by atomic mass is 10.2. The van der Waals surface area contributed by atoms with Crippen LogP contribution in [-0.2, 0) is 4.74 Å². The van der Waals surface area contributed by atoms with Crippen LogP contribution in [0.15, 0.2) is 18.3 Å². The average molecular weight is 291 g/mol. The van der Waals surface area contributed by atoms with Crippen LogP contribution in [0, 0.1) is 6.92 Å². The number of ether oxygens (including phenoxy) is 1. The van der Waals surface area contributed by atoms with Gasteiger partial charge in [0.2, 0.25) is 0 Å². The van der Waals surface area contributed by atoms with E-state index in [1.807, 2.05) is 33.0 Å². The third-order valence-corrected chi connectivity index (χ3v) is 3.43. The molecule has 0 spiro atoms. The maximum absolute atomic E-state index is 12.1. The Labute approximate surface area is 126 Å². The van der Waals surface area contributed by atoms with Gasteiger partial charge in [-0.1, -0.05) is 6.07 Å². The summed E-state index contributed by atoms with van der Waals surface area (Å²) in [6, 6.07) is 4.02. The summed E-state index contributed by atoms with van der Waals surface area (Å²) in [7, 11) is 0. The average Bonchev–Trinajstić information content (AvgIpc) is 2.63. The third kappa shape index (κ3) is 4.34. The van der Waals surface area contributed by atoms with Crippen molar-refractivity contribution in [1.82, 2.24) is 9.88 Å². The van der Waals surface area contributed by atoms with Crippen LogP contribution >= 0.6 is 0 Å². The fourth-order valence-electron chi connectivity index (χ4n) is 2.45. The van der Waals surface area contributed by atoms with Gasteiger partial charge in [-0.3, -0.25) is 0 Å². The van der Waals surface area contributed by atoms with Crippen LogP contribution in [-0.4, -0.2) is 47.8 Å². The zero-order chi connectivity index (χ0) is 15.5. The predicted octanol–water partition coefficient (Wildman–Crippen LogP) is 2.84. The highest BCUT2D eigenvalue weighted by Crippen LogP contribution is 2.19. The zero-order valence-corrected chi connectivity index (χ0v) is 13.4. The van der Waals surface area contributed by atoms with Gasteiger partial charge in [0, 0.05) is 32.4 Å². The smallest absolute Gasteiger partial charge is 0.410 e. The molecule has 1 aromatic rings. The van der Waals surface area contributed by atoms with E-state index in [2.05, 4.69) is 22.9 Å². The van der Waals surface area contributed by atoms with E-state index < -0.39 is 5.60 Å². The summed E-state index contributed by atoms with van der Waals surface area (Å²) in [6.45, 7) is 10.9. The van der Waals surface area contributed by atoms with Crippen LogP contribution < -0.4 is 4.90 Å². The molecule has 0 N–H and O–H groups in total. The number of carbonyl (C=O) groups excluding carboxylic acids is 1. The minimum Gasteiger partial charge on any atom is -0.444 e. The van der Waals surface area contributed by atoms with Gasteiger partial charge in [-0.15, -0.1) is 0 Å². The number of hydrogen-bond donors (Lipinski definition) is 0. The molecule has 5 heteroatoms. The third-order valence-electron chi connectivity index (χ3n) is 3.43. The quantitative estimate of drug-likeness (QED) is 0.798. The second kappa shape index (κ2) is 6.33. The van der Waals surface area contributed by atoms with E-state index in [-0.39, 0.29) is 6.09 Å². The topological polar surface area (TPSA) is 45.7 Å². The molecule has 0 atom stereocenters. The number of rotatable bonds is 1. The summed E-state index contributed by atoms with van der Waals surface area (Å²) in [4.78, 5) is 20.7. The van der Waals surface area contributed by atoms with Crippen LogP contribution in [0.5, 0.6) is 0 Å². The standard InChI is InChI=1S/C16H25N3O2/c1-13-7-5-8-17-14(13)18-9-6-10-19(12-11-18)15(20)21-16(2,3)4/h5,7-8H,6,9-12H2,1-4H3. The monoisotopic (exact) mass is 291 g/mol. The summed E-state index contributed by atoms with van der Waals surface area (Å²) in [5.41, 5.74) is 0.726. The lowest BCUT2D eigenvalue weighted by Gasteiger charge is -2.27. The molecule has 2 rings (SSSR count). The van der Waals surface area contributed by atoms with Gasteiger partial charge in [0.05, 0.1) is 0 Å². The molecule has 0 bridgehead atoms. The first-order chi connectivity index (χ1) is 9.87. The molecule has 1 saturated heterocycles. The van der Waals surface area contributed by atoms with Crippen molar-refractivity contribution < 1.29 is 9.53 Å². The first kappa shape index (κ1) is 15.6. The molecule has 2 heterocycles. The SMILES string of the molecule is Cc1cccnc1N1CCCN(C(=O)OC(C)(C)C)CC1. The van der Waals surface area contributed by atoms with Crippen molar-refractivity contribution in [2.45, 2.75) is 39.7 Å². The predicted molar refractivity (Wildman–Crippen MR) is 83.6 cm³/mol. The number of pyridine rings is 1. The Morgan fingerprint density at radius 1 is 1.24 bits per heavy atom. The molecule has 5 nitrogen and oxygen atoms in total. The maximum Gasteiger partial charge on any atom is 0.410 e. The van der Waals surface area contributed by atoms with Gasteiger partial charge in [-0.2, -0.15) is 0 Å². The Morgan fingerprint density at radius 2 is 2.00 bits per heavy atom. The fraction of sp³-hybridized carbons (Fsp3) is 0.625. The molecule has 0 radical (unpaired) electrons. The van der Waals surface area contributed by atoms with Crippen molar-refractivity contribution in [2.75, 3.05) is 31.1 Å². The highest BCUT2D eigenvalue weighted by molar-refractivity contribution is 5.68. The van der Waals surface area contributed by atoms with E-state index in [9.17, 15) is 4.79 Å². The van der Waals surface area contributed by atoms with E-state index >= 15 is 0 Å². The normalized spacial score (nSPS) is 16.6. The van der Waals surface area contributed by atoms with E-state index in [1.54, 1.807) is 4.90 Å². The summed E-state index contributed by atoms with van der Waals surface area (Å²) in [5.74, 6) is 1.02. The van der Waals surface area contributed by atoms with Crippen LogP contribution in [0.2, 0.25) is 0 Å². The van der Waals surface area contributed by atoms with Gasteiger partial charge in [0.1, 0.15) is 11.4 Å². The molecule has 1 aliphatic rings. The highest BCUT2D eigenvalue weighted by Gasteiger charge is 2.25. The van der Waals surface area contributed by atoms with Gasteiger partial charge in [-0.25, -0.2) is 9.78 Å². The van der Waals surface area contributed by atoms with Gasteiger partial charge < -0.3 is 14.5 Å². The highest BCUT2D eigenvalue weighted by atomic mass is 16.6. The van der Waals surface area contributed by atoms with Crippen LogP contribution in [0.1, 0.15) is 32.8 Å². The molecule has 1 amide bonds. The molecule has 1 fully saturated rings. The van der Waals surface area contributed by atoms with E-state index in [1.165, 1.54) is 5.56 Å². The Morgan fingerprint density at radius 3 is 2.67 bits per heavy atom. The second-order valence-electron chi connectivity index (χ2n) is 6.45. The molecular weight excluding hydrogens is 266 g/mol. The molecule has 1 aromatic heterocycles. The number of aryl methyl sites for hydroxylation is 1. The molecule has 116 valence electrons. The van der Waals surface area contributed by atoms with Gasteiger partial charge in [0.25, 0.3) is 0 Å². The molecular formula is C16H25N3O2. The molecule has 0 aromatic carbocycles. The van der Waals surface area contributed by atoms with Crippen molar-refractivity contribution in [3.8, 4) is 0 Å². The maximum atomic E-state index is 12.1. The van der Waals surface area contributed by atoms with Crippen LogP contribution in [0.3, 0.4) is 0 Å². The second-order valence-corrected chi connectivity index (χ2v) is 6.45. The minimum atomic E-state index is -0.444. The molecule has 21 heavy (non-hydrogen) atoms. The van der Waals surface area contributed by atoms with Crippen molar-refractivity contribution in [3.63, 3.8) is 0 Å². The van der Waals surface area contributed by atoms with Gasteiger partial charge >= 0.3 is 6.09 Å². The fourth-order valence-corrected chi connectivity index (χ4v) is 2.45. The lowest BCUT2D eigenvalue weighted by molar-refractivity contribution is 0.0263. The molecule has 1 aliphatic heterocycles. The number of anilines is 1. The van der Waals surface area contributed by atoms with E-state index in [0.29, 0.717) is 6.54 Å². The van der Waals surface area contributed by atoms with Crippen LogP contribution in [0.4, 0.5) is 10.6 Å². The van der Waals surface area contributed by atoms with Crippen molar-refractivity contribution in [3.05, 3.63) is 23.9 Å². The Bertz CT molecular complexity index is 497. The zero-order valence-electron chi connectivity index (χ0n) is 13.4.